The average Bonchev–Trinajstić information content (AvgIpc) is 2.25. The highest BCUT2D eigenvalue weighted by Crippen LogP contribution is 2.19. The van der Waals surface area contributed by atoms with Crippen LogP contribution in [-0.4, -0.2) is 0 Å². The summed E-state index contributed by atoms with van der Waals surface area (Å²) in [5, 5.41) is 1.21. The number of hydrogen-bond donors (Lipinski definition) is 0. The topological polar surface area (TPSA) is 0 Å². The number of aryl methyl sites for hydroxylation is 1. The maximum Gasteiger partial charge on any atom is 0.0592 e. The van der Waals surface area contributed by atoms with Gasteiger partial charge in [-0.25, -0.2) is 0 Å². The largest absolute Gasteiger partial charge is 0.147 e. The molecule has 0 bridgehead atoms. The highest BCUT2D eigenvalue weighted by molar-refractivity contribution is 6.41. The highest BCUT2D eigenvalue weighted by atomic mass is 35.5. The van der Waals surface area contributed by atoms with E-state index in [0.717, 1.165) is 0 Å². The predicted octanol–water partition coefficient (Wildman–Crippen LogP) is 5.83. The molecule has 2 aromatic carbocycles. The van der Waals surface area contributed by atoms with Crippen LogP contribution in [-0.2, 0) is 0 Å². The van der Waals surface area contributed by atoms with Gasteiger partial charge in [0.25, 0.3) is 0 Å². The van der Waals surface area contributed by atoms with Gasteiger partial charge in [-0.3, -0.25) is 0 Å². The van der Waals surface area contributed by atoms with Crippen LogP contribution in [0.1, 0.15) is 5.56 Å². The van der Waals surface area contributed by atoms with Crippen LogP contribution in [0.3, 0.4) is 0 Å². The van der Waals surface area contributed by atoms with Crippen molar-refractivity contribution in [1.82, 2.24) is 0 Å². The van der Waals surface area contributed by atoms with E-state index in [1.165, 1.54) is 5.56 Å². The van der Waals surface area contributed by atoms with Crippen LogP contribution >= 0.6 is 48.0 Å². The van der Waals surface area contributed by atoms with Gasteiger partial charge in [0.15, 0.2) is 0 Å². The molecule has 0 aliphatic rings. The molecule has 0 aromatic heterocycles. The molecule has 0 saturated carbocycles. The molecule has 0 fully saturated rings. The van der Waals surface area contributed by atoms with Crippen molar-refractivity contribution in [2.24, 2.45) is 0 Å². The fraction of sp³-hybridized carbons (Fsp3) is 0.0769. The molecule has 4 heteroatoms. The van der Waals surface area contributed by atoms with E-state index in [9.17, 15) is 0 Å². The Hall–Kier alpha value is -0.400. The summed E-state index contributed by atoms with van der Waals surface area (Å²) in [7, 11) is 0. The molecule has 0 nitrogen and oxygen atoms in total. The van der Waals surface area contributed by atoms with Crippen LogP contribution in [0.4, 0.5) is 0 Å². The SMILES string of the molecule is Cc1ccccc1.Cl.Cl.Clc1ccccc1Cl. The molecule has 0 saturated heterocycles. The van der Waals surface area contributed by atoms with Crippen molar-refractivity contribution in [3.8, 4) is 0 Å². The van der Waals surface area contributed by atoms with Gasteiger partial charge >= 0.3 is 0 Å². The molecule has 0 spiro atoms. The lowest BCUT2D eigenvalue weighted by Gasteiger charge is -1.88. The first-order chi connectivity index (χ1) is 7.20. The third-order valence-electron chi connectivity index (χ3n) is 1.76. The molecule has 94 valence electrons. The summed E-state index contributed by atoms with van der Waals surface area (Å²) in [4.78, 5) is 0. The van der Waals surface area contributed by atoms with Gasteiger partial charge in [0, 0.05) is 0 Å². The minimum absolute atomic E-state index is 0. The fourth-order valence-electron chi connectivity index (χ4n) is 0.974. The molecule has 17 heavy (non-hydrogen) atoms. The lowest BCUT2D eigenvalue weighted by Crippen LogP contribution is -1.62. The van der Waals surface area contributed by atoms with Crippen LogP contribution in [0, 0.1) is 6.92 Å². The summed E-state index contributed by atoms with van der Waals surface area (Å²) in [6, 6.07) is 17.5. The van der Waals surface area contributed by atoms with E-state index in [2.05, 4.69) is 19.1 Å². The third-order valence-corrected chi connectivity index (χ3v) is 2.52. The zero-order chi connectivity index (χ0) is 11.1. The van der Waals surface area contributed by atoms with Gasteiger partial charge in [0.05, 0.1) is 10.0 Å². The van der Waals surface area contributed by atoms with E-state index in [1.807, 2.05) is 30.3 Å². The molecule has 0 aliphatic carbocycles. The van der Waals surface area contributed by atoms with Crippen molar-refractivity contribution in [2.75, 3.05) is 0 Å². The average molecular weight is 312 g/mol. The number of halogens is 4. The Bertz CT molecular complexity index is 380. The van der Waals surface area contributed by atoms with E-state index in [1.54, 1.807) is 12.1 Å². The van der Waals surface area contributed by atoms with E-state index in [-0.39, 0.29) is 24.8 Å². The Balaban J connectivity index is 0. The monoisotopic (exact) mass is 310 g/mol. The second kappa shape index (κ2) is 10.7. The molecule has 0 atom stereocenters. The predicted molar refractivity (Wildman–Crippen MR) is 82.1 cm³/mol. The minimum atomic E-state index is 0. The van der Waals surface area contributed by atoms with E-state index >= 15 is 0 Å². The molecule has 0 N–H and O–H groups in total. The summed E-state index contributed by atoms with van der Waals surface area (Å²) in [6.45, 7) is 2.08. The third kappa shape index (κ3) is 8.34. The van der Waals surface area contributed by atoms with Crippen molar-refractivity contribution in [3.05, 3.63) is 70.2 Å². The smallest absolute Gasteiger partial charge is 0.0592 e. The molecule has 2 aromatic rings. The van der Waals surface area contributed by atoms with Gasteiger partial charge in [-0.1, -0.05) is 71.2 Å². The van der Waals surface area contributed by atoms with Crippen molar-refractivity contribution in [3.63, 3.8) is 0 Å². The maximum absolute atomic E-state index is 5.58. The molecule has 0 amide bonds. The Morgan fingerprint density at radius 3 is 1.24 bits per heavy atom. The molecule has 2 rings (SSSR count). The van der Waals surface area contributed by atoms with Gasteiger partial charge in [0.1, 0.15) is 0 Å². The second-order valence-electron chi connectivity index (χ2n) is 3.07. The summed E-state index contributed by atoms with van der Waals surface area (Å²) in [5.74, 6) is 0. The Labute approximate surface area is 125 Å². The van der Waals surface area contributed by atoms with Crippen LogP contribution in [0.2, 0.25) is 10.0 Å². The number of hydrogen-bond acceptors (Lipinski definition) is 0. The van der Waals surface area contributed by atoms with Gasteiger partial charge in [-0.15, -0.1) is 24.8 Å². The van der Waals surface area contributed by atoms with Crippen molar-refractivity contribution in [1.29, 1.82) is 0 Å². The molecule has 0 aliphatic heterocycles. The molecule has 0 unspecified atom stereocenters. The molecular weight excluding hydrogens is 298 g/mol. The van der Waals surface area contributed by atoms with Crippen molar-refractivity contribution < 1.29 is 0 Å². The first-order valence-electron chi connectivity index (χ1n) is 4.62. The van der Waals surface area contributed by atoms with Gasteiger partial charge < -0.3 is 0 Å². The highest BCUT2D eigenvalue weighted by Gasteiger charge is 1.89. The van der Waals surface area contributed by atoms with Crippen molar-refractivity contribution in [2.45, 2.75) is 6.92 Å². The molecular formula is C13H14Cl4. The summed E-state index contributed by atoms with van der Waals surface area (Å²) in [6.07, 6.45) is 0. The quantitative estimate of drug-likeness (QED) is 0.574. The van der Waals surface area contributed by atoms with Gasteiger partial charge in [-0.2, -0.15) is 0 Å². The normalized spacial score (nSPS) is 7.94. The lowest BCUT2D eigenvalue weighted by molar-refractivity contribution is 1.48. The van der Waals surface area contributed by atoms with Crippen LogP contribution in [0.5, 0.6) is 0 Å². The summed E-state index contributed by atoms with van der Waals surface area (Å²) < 4.78 is 0. The number of benzene rings is 2. The fourth-order valence-corrected chi connectivity index (χ4v) is 1.25. The van der Waals surface area contributed by atoms with E-state index in [0.29, 0.717) is 10.0 Å². The lowest BCUT2D eigenvalue weighted by atomic mass is 10.2. The summed E-state index contributed by atoms with van der Waals surface area (Å²) in [5.41, 5.74) is 1.32. The minimum Gasteiger partial charge on any atom is -0.147 e. The zero-order valence-corrected chi connectivity index (χ0v) is 12.4. The van der Waals surface area contributed by atoms with Crippen LogP contribution < -0.4 is 0 Å². The van der Waals surface area contributed by atoms with Gasteiger partial charge in [-0.05, 0) is 19.1 Å². The Morgan fingerprint density at radius 1 is 0.647 bits per heavy atom. The first kappa shape index (κ1) is 19.0. The standard InChI is InChI=1S/C7H8.C6H4Cl2.2ClH/c1-7-5-3-2-4-6-7;7-5-3-1-2-4-6(5)8;;/h2-6H,1H3;1-4H;2*1H. The molecule has 0 heterocycles. The number of rotatable bonds is 0. The summed E-state index contributed by atoms with van der Waals surface area (Å²) >= 11 is 11.2. The zero-order valence-electron chi connectivity index (χ0n) is 9.27. The van der Waals surface area contributed by atoms with Crippen LogP contribution in [0.15, 0.2) is 54.6 Å². The first-order valence-corrected chi connectivity index (χ1v) is 5.37. The second-order valence-corrected chi connectivity index (χ2v) is 3.88. The molecule has 0 radical (unpaired) electrons. The van der Waals surface area contributed by atoms with Gasteiger partial charge in [0.2, 0.25) is 0 Å². The van der Waals surface area contributed by atoms with E-state index in [4.69, 9.17) is 23.2 Å². The van der Waals surface area contributed by atoms with Crippen molar-refractivity contribution >= 4 is 48.0 Å². The van der Waals surface area contributed by atoms with Crippen LogP contribution in [0.25, 0.3) is 0 Å². The van der Waals surface area contributed by atoms with E-state index < -0.39 is 0 Å². The Morgan fingerprint density at radius 2 is 1.00 bits per heavy atom. The Kier molecular flexibility index (Phi) is 12.0. The maximum atomic E-state index is 5.58.